The molecule has 0 aliphatic carbocycles. The fourth-order valence-electron chi connectivity index (χ4n) is 3.68. The van der Waals surface area contributed by atoms with E-state index in [4.69, 9.17) is 11.6 Å². The molecule has 1 heterocycles. The molecule has 30 heavy (non-hydrogen) atoms. The van der Waals surface area contributed by atoms with Crippen molar-refractivity contribution in [2.24, 2.45) is 0 Å². The molecule has 0 saturated carbocycles. The summed E-state index contributed by atoms with van der Waals surface area (Å²) < 4.78 is 0. The van der Waals surface area contributed by atoms with Crippen molar-refractivity contribution in [1.82, 2.24) is 0 Å². The summed E-state index contributed by atoms with van der Waals surface area (Å²) in [5, 5.41) is 3.75. The van der Waals surface area contributed by atoms with Crippen molar-refractivity contribution in [3.63, 3.8) is 0 Å². The van der Waals surface area contributed by atoms with Crippen LogP contribution in [0, 0.1) is 20.8 Å². The number of hydrogen-bond donors (Lipinski definition) is 1. The van der Waals surface area contributed by atoms with Crippen LogP contribution in [0.2, 0.25) is 5.02 Å². The average Bonchev–Trinajstić information content (AvgIpc) is 2.93. The van der Waals surface area contributed by atoms with Crippen LogP contribution >= 0.6 is 11.6 Å². The van der Waals surface area contributed by atoms with Crippen molar-refractivity contribution in [3.8, 4) is 0 Å². The molecule has 1 aliphatic heterocycles. The molecule has 4 rings (SSSR count). The lowest BCUT2D eigenvalue weighted by Crippen LogP contribution is -2.32. The summed E-state index contributed by atoms with van der Waals surface area (Å²) in [4.78, 5) is 28.1. The molecule has 0 spiro atoms. The number of nitrogens with one attached hydrogen (secondary N) is 1. The van der Waals surface area contributed by atoms with E-state index >= 15 is 0 Å². The summed E-state index contributed by atoms with van der Waals surface area (Å²) in [6.45, 7) is 5.92. The highest BCUT2D eigenvalue weighted by molar-refractivity contribution is 6.46. The lowest BCUT2D eigenvalue weighted by molar-refractivity contribution is -0.120. The summed E-state index contributed by atoms with van der Waals surface area (Å²) in [5.41, 5.74) is 5.71. The molecule has 0 aromatic heterocycles. The fourth-order valence-corrected chi connectivity index (χ4v) is 3.81. The molecule has 0 atom stereocenters. The molecule has 0 radical (unpaired) electrons. The fraction of sp³-hybridized carbons (Fsp3) is 0.120. The minimum Gasteiger partial charge on any atom is -0.350 e. The highest BCUT2D eigenvalue weighted by atomic mass is 35.5. The molecule has 0 bridgehead atoms. The Morgan fingerprint density at radius 3 is 2.17 bits per heavy atom. The van der Waals surface area contributed by atoms with Crippen LogP contribution in [0.5, 0.6) is 0 Å². The number of nitrogens with zero attached hydrogens (tertiary/aromatic N) is 1. The number of aryl methyl sites for hydroxylation is 3. The van der Waals surface area contributed by atoms with Gasteiger partial charge in [-0.15, -0.1) is 0 Å². The Kier molecular flexibility index (Phi) is 5.18. The maximum absolute atomic E-state index is 13.5. The second kappa shape index (κ2) is 7.81. The van der Waals surface area contributed by atoms with E-state index in [1.54, 1.807) is 24.3 Å². The number of imide groups is 1. The number of rotatable bonds is 4. The maximum Gasteiger partial charge on any atom is 0.282 e. The topological polar surface area (TPSA) is 49.4 Å². The molecular formula is C25H21ClN2O2. The highest BCUT2D eigenvalue weighted by Gasteiger charge is 2.40. The minimum atomic E-state index is -0.390. The van der Waals surface area contributed by atoms with Crippen LogP contribution in [0.3, 0.4) is 0 Å². The predicted octanol–water partition coefficient (Wildman–Crippen LogP) is 5.66. The Hall–Kier alpha value is -3.37. The van der Waals surface area contributed by atoms with Crippen molar-refractivity contribution in [1.29, 1.82) is 0 Å². The van der Waals surface area contributed by atoms with Gasteiger partial charge in [-0.1, -0.05) is 47.5 Å². The first-order valence-electron chi connectivity index (χ1n) is 9.65. The zero-order valence-electron chi connectivity index (χ0n) is 17.0. The van der Waals surface area contributed by atoms with Crippen LogP contribution in [0.1, 0.15) is 22.3 Å². The molecule has 0 unspecified atom stereocenters. The summed E-state index contributed by atoms with van der Waals surface area (Å²) in [5.74, 6) is -0.747. The van der Waals surface area contributed by atoms with Crippen LogP contribution in [0.4, 0.5) is 11.4 Å². The van der Waals surface area contributed by atoms with Crippen molar-refractivity contribution >= 4 is 40.4 Å². The smallest absolute Gasteiger partial charge is 0.282 e. The lowest BCUT2D eigenvalue weighted by Gasteiger charge is -2.15. The van der Waals surface area contributed by atoms with Gasteiger partial charge in [0.05, 0.1) is 11.3 Å². The van der Waals surface area contributed by atoms with E-state index in [1.165, 1.54) is 4.90 Å². The molecule has 3 aromatic rings. The Morgan fingerprint density at radius 1 is 0.800 bits per heavy atom. The van der Waals surface area contributed by atoms with E-state index in [0.717, 1.165) is 27.9 Å². The Morgan fingerprint density at radius 2 is 1.50 bits per heavy atom. The Bertz CT molecular complexity index is 1200. The van der Waals surface area contributed by atoms with Gasteiger partial charge in [0.15, 0.2) is 0 Å². The van der Waals surface area contributed by atoms with Crippen molar-refractivity contribution in [3.05, 3.63) is 99.7 Å². The lowest BCUT2D eigenvalue weighted by atomic mass is 9.97. The predicted molar refractivity (Wildman–Crippen MR) is 122 cm³/mol. The van der Waals surface area contributed by atoms with Crippen molar-refractivity contribution < 1.29 is 9.59 Å². The van der Waals surface area contributed by atoms with Gasteiger partial charge in [-0.3, -0.25) is 9.59 Å². The number of benzene rings is 3. The number of carbonyl (C=O) groups excluding carboxylic acids is 2. The van der Waals surface area contributed by atoms with E-state index < -0.39 is 0 Å². The van der Waals surface area contributed by atoms with Gasteiger partial charge in [0.25, 0.3) is 11.8 Å². The van der Waals surface area contributed by atoms with E-state index in [1.807, 2.05) is 63.2 Å². The third-order valence-electron chi connectivity index (χ3n) is 5.11. The molecule has 1 aliphatic rings. The van der Waals surface area contributed by atoms with E-state index in [9.17, 15) is 9.59 Å². The third kappa shape index (κ3) is 3.62. The van der Waals surface area contributed by atoms with Crippen LogP contribution in [0.15, 0.2) is 72.4 Å². The first-order valence-corrected chi connectivity index (χ1v) is 10.0. The van der Waals surface area contributed by atoms with Crippen LogP contribution in [0.25, 0.3) is 5.57 Å². The van der Waals surface area contributed by atoms with E-state index in [-0.39, 0.29) is 17.5 Å². The molecular weight excluding hydrogens is 396 g/mol. The number of hydrogen-bond acceptors (Lipinski definition) is 3. The summed E-state index contributed by atoms with van der Waals surface area (Å²) in [6, 6.07) is 20.2. The van der Waals surface area contributed by atoms with Gasteiger partial charge in [-0.25, -0.2) is 4.90 Å². The minimum absolute atomic E-state index is 0.271. The summed E-state index contributed by atoms with van der Waals surface area (Å²) in [6.07, 6.45) is 0. The molecule has 3 aromatic carbocycles. The third-order valence-corrected chi connectivity index (χ3v) is 5.36. The van der Waals surface area contributed by atoms with Gasteiger partial charge in [0.1, 0.15) is 5.70 Å². The number of amides is 2. The van der Waals surface area contributed by atoms with Crippen LogP contribution in [-0.2, 0) is 9.59 Å². The van der Waals surface area contributed by atoms with E-state index in [2.05, 4.69) is 5.32 Å². The zero-order valence-corrected chi connectivity index (χ0v) is 17.7. The largest absolute Gasteiger partial charge is 0.350 e. The number of halogens is 1. The molecule has 5 heteroatoms. The highest BCUT2D eigenvalue weighted by Crippen LogP contribution is 2.35. The van der Waals surface area contributed by atoms with Crippen molar-refractivity contribution in [2.45, 2.75) is 20.8 Å². The van der Waals surface area contributed by atoms with Crippen LogP contribution in [-0.4, -0.2) is 11.8 Å². The van der Waals surface area contributed by atoms with Gasteiger partial charge in [-0.05, 0) is 73.9 Å². The monoisotopic (exact) mass is 416 g/mol. The average molecular weight is 417 g/mol. The van der Waals surface area contributed by atoms with Gasteiger partial charge < -0.3 is 5.32 Å². The first kappa shape index (κ1) is 19.9. The van der Waals surface area contributed by atoms with Crippen molar-refractivity contribution in [2.75, 3.05) is 10.2 Å². The van der Waals surface area contributed by atoms with E-state index in [0.29, 0.717) is 16.3 Å². The Labute approximate surface area is 180 Å². The molecule has 0 saturated heterocycles. The standard InChI is InChI=1S/C25H21ClN2O2/c1-15-5-4-6-19(14-15)27-23-22(21-12-7-16(2)13-17(21)3)24(29)28(25(23)30)20-10-8-18(26)9-11-20/h4-14,27H,1-3H3. The summed E-state index contributed by atoms with van der Waals surface area (Å²) in [7, 11) is 0. The first-order chi connectivity index (χ1) is 14.3. The zero-order chi connectivity index (χ0) is 21.4. The van der Waals surface area contributed by atoms with Gasteiger partial charge in [0.2, 0.25) is 0 Å². The Balaban J connectivity index is 1.86. The SMILES string of the molecule is Cc1cccc(NC2=C(c3ccc(C)cc3C)C(=O)N(c3ccc(Cl)cc3)C2=O)c1. The van der Waals surface area contributed by atoms with Crippen LogP contribution < -0.4 is 10.2 Å². The van der Waals surface area contributed by atoms with Gasteiger partial charge in [-0.2, -0.15) is 0 Å². The quantitative estimate of drug-likeness (QED) is 0.558. The normalized spacial score (nSPS) is 13.9. The molecule has 150 valence electrons. The number of carbonyl (C=O) groups is 2. The second-order valence-electron chi connectivity index (χ2n) is 7.48. The maximum atomic E-state index is 13.5. The second-order valence-corrected chi connectivity index (χ2v) is 7.92. The van der Waals surface area contributed by atoms with Gasteiger partial charge >= 0.3 is 0 Å². The summed E-state index contributed by atoms with van der Waals surface area (Å²) >= 11 is 5.99. The molecule has 1 N–H and O–H groups in total. The molecule has 2 amide bonds. The van der Waals surface area contributed by atoms with Gasteiger partial charge in [0, 0.05) is 10.7 Å². The number of anilines is 2. The molecule has 0 fully saturated rings. The molecule has 4 nitrogen and oxygen atoms in total.